The first kappa shape index (κ1) is 12.4. The third-order valence-corrected chi connectivity index (χ3v) is 2.00. The number of hydrogen-bond acceptors (Lipinski definition) is 1. The molecular formula is C12H13F2NO. The molecule has 0 heterocycles. The summed E-state index contributed by atoms with van der Waals surface area (Å²) in [7, 11) is 0. The van der Waals surface area contributed by atoms with E-state index in [0.29, 0.717) is 18.2 Å². The maximum atomic E-state index is 12.2. The van der Waals surface area contributed by atoms with Crippen LogP contribution in [-0.4, -0.2) is 17.4 Å². The summed E-state index contributed by atoms with van der Waals surface area (Å²) in [5.41, 5.74) is 0.411. The second kappa shape index (κ2) is 6.00. The minimum Gasteiger partial charge on any atom is -0.310 e. The van der Waals surface area contributed by atoms with Crippen LogP contribution in [0.5, 0.6) is 0 Å². The summed E-state index contributed by atoms with van der Waals surface area (Å²) in [5.74, 6) is -0.407. The molecule has 0 aliphatic rings. The maximum absolute atomic E-state index is 12.2. The first-order valence-corrected chi connectivity index (χ1v) is 5.04. The third kappa shape index (κ3) is 3.46. The summed E-state index contributed by atoms with van der Waals surface area (Å²) in [6.07, 6.45) is -0.654. The quantitative estimate of drug-likeness (QED) is 0.770. The Balaban J connectivity index is 2.87. The first-order chi connectivity index (χ1) is 7.65. The Morgan fingerprint density at radius 1 is 1.31 bits per heavy atom. The molecule has 0 aliphatic carbocycles. The predicted molar refractivity (Wildman–Crippen MR) is 58.1 cm³/mol. The molecule has 0 N–H and O–H groups in total. The molecule has 0 aliphatic heterocycles. The van der Waals surface area contributed by atoms with Crippen molar-refractivity contribution in [2.24, 2.45) is 0 Å². The second-order valence-electron chi connectivity index (χ2n) is 3.28. The molecule has 0 unspecified atom stereocenters. The van der Waals surface area contributed by atoms with Crippen molar-refractivity contribution in [3.63, 3.8) is 0 Å². The van der Waals surface area contributed by atoms with Gasteiger partial charge in [-0.25, -0.2) is 0 Å². The number of hydrogen-bond donors (Lipinski definition) is 0. The summed E-state index contributed by atoms with van der Waals surface area (Å²) in [6, 6.07) is 8.39. The van der Waals surface area contributed by atoms with Gasteiger partial charge in [-0.1, -0.05) is 25.1 Å². The molecule has 2 nitrogen and oxygen atoms in total. The molecule has 0 fully saturated rings. The van der Waals surface area contributed by atoms with E-state index in [-0.39, 0.29) is 6.54 Å². The zero-order valence-corrected chi connectivity index (χ0v) is 8.99. The normalized spacial score (nSPS) is 9.69. The van der Waals surface area contributed by atoms with Crippen molar-refractivity contribution in [2.45, 2.75) is 13.3 Å². The summed E-state index contributed by atoms with van der Waals surface area (Å²) < 4.78 is 24.3. The highest BCUT2D eigenvalue weighted by Gasteiger charge is 2.13. The molecule has 4 heteroatoms. The number of rotatable bonds is 4. The Hall–Kier alpha value is -1.71. The van der Waals surface area contributed by atoms with Crippen molar-refractivity contribution < 1.29 is 13.6 Å². The van der Waals surface area contributed by atoms with Gasteiger partial charge >= 0.3 is 0 Å². The molecule has 1 rings (SSSR count). The van der Waals surface area contributed by atoms with Gasteiger partial charge in [-0.05, 0) is 18.6 Å². The molecule has 1 amide bonds. The van der Waals surface area contributed by atoms with E-state index in [9.17, 15) is 13.6 Å². The Morgan fingerprint density at radius 2 is 1.94 bits per heavy atom. The molecule has 1 aromatic rings. The van der Waals surface area contributed by atoms with Gasteiger partial charge in [0.2, 0.25) is 0 Å². The molecule has 86 valence electrons. The van der Waals surface area contributed by atoms with Gasteiger partial charge in [-0.15, -0.1) is 0 Å². The van der Waals surface area contributed by atoms with Gasteiger partial charge in [0.25, 0.3) is 12.0 Å². The molecule has 0 radical (unpaired) electrons. The highest BCUT2D eigenvalue weighted by Crippen LogP contribution is 2.09. The lowest BCUT2D eigenvalue weighted by Gasteiger charge is -2.16. The fraction of sp³-hybridized carbons (Fsp3) is 0.250. The van der Waals surface area contributed by atoms with Gasteiger partial charge in [0, 0.05) is 12.1 Å². The number of carbonyl (C=O) groups excluding carboxylic acids is 1. The largest absolute Gasteiger partial charge is 0.310 e. The lowest BCUT2D eigenvalue weighted by Crippen LogP contribution is -2.26. The van der Waals surface area contributed by atoms with Crippen molar-refractivity contribution in [2.75, 3.05) is 6.54 Å². The van der Waals surface area contributed by atoms with Gasteiger partial charge in [0.15, 0.2) is 0 Å². The van der Waals surface area contributed by atoms with Gasteiger partial charge in [-0.2, -0.15) is 8.78 Å². The Kier molecular flexibility index (Phi) is 4.64. The van der Waals surface area contributed by atoms with Gasteiger partial charge in [0.05, 0.1) is 6.20 Å². The van der Waals surface area contributed by atoms with E-state index in [1.807, 2.05) is 6.92 Å². The Labute approximate surface area is 93.2 Å². The van der Waals surface area contributed by atoms with Crippen LogP contribution in [0.1, 0.15) is 23.7 Å². The van der Waals surface area contributed by atoms with Gasteiger partial charge in [-0.3, -0.25) is 4.79 Å². The monoisotopic (exact) mass is 225 g/mol. The summed E-state index contributed by atoms with van der Waals surface area (Å²) >= 11 is 0. The van der Waals surface area contributed by atoms with Crippen LogP contribution in [0.25, 0.3) is 0 Å². The summed E-state index contributed by atoms with van der Waals surface area (Å²) in [4.78, 5) is 12.9. The smallest absolute Gasteiger partial charge is 0.286 e. The maximum Gasteiger partial charge on any atom is 0.286 e. The van der Waals surface area contributed by atoms with Crippen molar-refractivity contribution in [3.05, 3.63) is 48.2 Å². The lowest BCUT2D eigenvalue weighted by atomic mass is 10.2. The van der Waals surface area contributed by atoms with Crippen molar-refractivity contribution in [3.8, 4) is 0 Å². The van der Waals surface area contributed by atoms with Crippen LogP contribution >= 0.6 is 0 Å². The molecule has 0 saturated carbocycles. The lowest BCUT2D eigenvalue weighted by molar-refractivity contribution is 0.0815. The van der Waals surface area contributed by atoms with Gasteiger partial charge < -0.3 is 4.90 Å². The topological polar surface area (TPSA) is 20.3 Å². The highest BCUT2D eigenvalue weighted by molar-refractivity contribution is 5.94. The minimum atomic E-state index is -1.86. The number of nitrogens with zero attached hydrogens (tertiary/aromatic N) is 1. The van der Waals surface area contributed by atoms with E-state index in [1.54, 1.807) is 30.3 Å². The molecular weight excluding hydrogens is 212 g/mol. The van der Waals surface area contributed by atoms with Crippen LogP contribution in [0.15, 0.2) is 42.6 Å². The number of amides is 1. The zero-order valence-electron chi connectivity index (χ0n) is 8.99. The Morgan fingerprint density at radius 3 is 2.44 bits per heavy atom. The number of benzene rings is 1. The zero-order chi connectivity index (χ0) is 12.0. The molecule has 16 heavy (non-hydrogen) atoms. The first-order valence-electron chi connectivity index (χ1n) is 5.04. The third-order valence-electron chi connectivity index (χ3n) is 2.00. The van der Waals surface area contributed by atoms with Crippen molar-refractivity contribution >= 4 is 5.91 Å². The van der Waals surface area contributed by atoms with Crippen molar-refractivity contribution in [1.82, 2.24) is 4.90 Å². The SMILES string of the molecule is CCCN(C=C(F)F)C(=O)c1ccccc1. The average Bonchev–Trinajstić information content (AvgIpc) is 2.28. The minimum absolute atomic E-state index is 0.283. The van der Waals surface area contributed by atoms with Crippen molar-refractivity contribution in [1.29, 1.82) is 0 Å². The van der Waals surface area contributed by atoms with Crippen LogP contribution in [-0.2, 0) is 0 Å². The molecule has 0 aromatic heterocycles. The molecule has 0 spiro atoms. The van der Waals surface area contributed by atoms with Gasteiger partial charge in [0.1, 0.15) is 0 Å². The predicted octanol–water partition coefficient (Wildman–Crippen LogP) is 3.28. The highest BCUT2D eigenvalue weighted by atomic mass is 19.3. The fourth-order valence-electron chi connectivity index (χ4n) is 1.33. The molecule has 0 atom stereocenters. The van der Waals surface area contributed by atoms with E-state index < -0.39 is 12.0 Å². The van der Waals surface area contributed by atoms with Crippen LogP contribution < -0.4 is 0 Å². The van der Waals surface area contributed by atoms with Crippen LogP contribution in [0.2, 0.25) is 0 Å². The number of carbonyl (C=O) groups is 1. The molecule has 0 saturated heterocycles. The average molecular weight is 225 g/mol. The summed E-state index contributed by atoms with van der Waals surface area (Å²) in [5, 5.41) is 0. The van der Waals surface area contributed by atoms with Crippen LogP contribution in [0.4, 0.5) is 8.78 Å². The van der Waals surface area contributed by atoms with E-state index in [4.69, 9.17) is 0 Å². The van der Waals surface area contributed by atoms with Crippen LogP contribution in [0.3, 0.4) is 0 Å². The summed E-state index contributed by atoms with van der Waals surface area (Å²) in [6.45, 7) is 2.11. The second-order valence-corrected chi connectivity index (χ2v) is 3.28. The fourth-order valence-corrected chi connectivity index (χ4v) is 1.33. The van der Waals surface area contributed by atoms with E-state index in [2.05, 4.69) is 0 Å². The van der Waals surface area contributed by atoms with Crippen LogP contribution in [0, 0.1) is 0 Å². The van der Waals surface area contributed by atoms with E-state index in [0.717, 1.165) is 4.90 Å². The molecule has 1 aromatic carbocycles. The molecule has 0 bridgehead atoms. The van der Waals surface area contributed by atoms with E-state index >= 15 is 0 Å². The van der Waals surface area contributed by atoms with E-state index in [1.165, 1.54) is 0 Å². The standard InChI is InChI=1S/C12H13F2NO/c1-2-8-15(9-11(13)14)12(16)10-6-4-3-5-7-10/h3-7,9H,2,8H2,1H3. The Bertz CT molecular complexity index is 372. The number of halogens is 2.